The fraction of sp³-hybridized carbons (Fsp3) is 0.412. The summed E-state index contributed by atoms with van der Waals surface area (Å²) in [5.74, 6) is 0.502. The second-order valence-electron chi connectivity index (χ2n) is 12.3. The van der Waals surface area contributed by atoms with Crippen LogP contribution in [0.25, 0.3) is 33.6 Å². The van der Waals surface area contributed by atoms with E-state index < -0.39 is 0 Å². The summed E-state index contributed by atoms with van der Waals surface area (Å²) in [6.45, 7) is 3.57. The number of nitrogens with zero attached hydrogens (tertiary/aromatic N) is 5. The average Bonchev–Trinajstić information content (AvgIpc) is 3.81. The summed E-state index contributed by atoms with van der Waals surface area (Å²) in [7, 11) is 1.57. The first-order valence-electron chi connectivity index (χ1n) is 15.9. The van der Waals surface area contributed by atoms with Gasteiger partial charge in [0.15, 0.2) is 0 Å². The number of aromatic nitrogens is 4. The SMILES string of the molecule is COc1nc(-c2cccc(-c3cccc(-c4cc5n(n4)CCCC5N4CC[C@@H](O)C4)c3Cl)c2Cl)cnc1CNC[C@@H]1CCC(=O)N1. The number of ether oxygens (including phenoxy) is 1. The minimum absolute atomic E-state index is 0.0919. The number of nitrogens with one attached hydrogen (secondary N) is 2. The Morgan fingerprint density at radius 3 is 2.43 bits per heavy atom. The van der Waals surface area contributed by atoms with Crippen molar-refractivity contribution in [1.29, 1.82) is 0 Å². The highest BCUT2D eigenvalue weighted by molar-refractivity contribution is 6.39. The molecule has 0 aliphatic carbocycles. The molecule has 10 nitrogen and oxygen atoms in total. The molecule has 7 rings (SSSR count). The number of rotatable bonds is 9. The minimum atomic E-state index is -0.260. The van der Waals surface area contributed by atoms with Crippen molar-refractivity contribution in [2.75, 3.05) is 26.7 Å². The number of methoxy groups -OCH3 is 1. The zero-order chi connectivity index (χ0) is 31.8. The smallest absolute Gasteiger partial charge is 0.237 e. The number of benzene rings is 2. The number of carbonyl (C=O) groups excluding carboxylic acids is 1. The van der Waals surface area contributed by atoms with E-state index >= 15 is 0 Å². The van der Waals surface area contributed by atoms with Gasteiger partial charge in [-0.2, -0.15) is 5.10 Å². The van der Waals surface area contributed by atoms with Crippen molar-refractivity contribution in [1.82, 2.24) is 35.3 Å². The van der Waals surface area contributed by atoms with Gasteiger partial charge in [-0.05, 0) is 31.7 Å². The predicted octanol–water partition coefficient (Wildman–Crippen LogP) is 5.26. The van der Waals surface area contributed by atoms with Crippen LogP contribution >= 0.6 is 23.2 Å². The van der Waals surface area contributed by atoms with Crippen LogP contribution in [0.3, 0.4) is 0 Å². The summed E-state index contributed by atoms with van der Waals surface area (Å²) in [6, 6.07) is 14.3. The number of likely N-dealkylation sites (tertiary alicyclic amines) is 1. The van der Waals surface area contributed by atoms with Crippen molar-refractivity contribution < 1.29 is 14.6 Å². The molecule has 2 saturated heterocycles. The minimum Gasteiger partial charge on any atom is -0.480 e. The van der Waals surface area contributed by atoms with E-state index in [1.165, 1.54) is 5.69 Å². The summed E-state index contributed by atoms with van der Waals surface area (Å²) in [5, 5.41) is 22.5. The van der Waals surface area contributed by atoms with Gasteiger partial charge >= 0.3 is 0 Å². The number of carbonyl (C=O) groups is 1. The lowest BCUT2D eigenvalue weighted by Crippen LogP contribution is -2.35. The molecule has 240 valence electrons. The molecule has 3 N–H and O–H groups in total. The van der Waals surface area contributed by atoms with E-state index in [1.807, 2.05) is 36.4 Å². The zero-order valence-electron chi connectivity index (χ0n) is 25.7. The first kappa shape index (κ1) is 31.1. The largest absolute Gasteiger partial charge is 0.480 e. The van der Waals surface area contributed by atoms with Crippen molar-refractivity contribution in [2.24, 2.45) is 0 Å². The monoisotopic (exact) mass is 661 g/mol. The van der Waals surface area contributed by atoms with Crippen LogP contribution in [0.2, 0.25) is 10.0 Å². The Morgan fingerprint density at radius 2 is 1.76 bits per heavy atom. The van der Waals surface area contributed by atoms with Crippen molar-refractivity contribution in [3.05, 3.63) is 70.1 Å². The molecule has 1 unspecified atom stereocenters. The van der Waals surface area contributed by atoms with Gasteiger partial charge in [0.2, 0.25) is 11.8 Å². The van der Waals surface area contributed by atoms with Gasteiger partial charge in [-0.15, -0.1) is 0 Å². The third-order valence-corrected chi connectivity index (χ3v) is 10.1. The average molecular weight is 663 g/mol. The van der Waals surface area contributed by atoms with Crippen molar-refractivity contribution in [3.63, 3.8) is 0 Å². The van der Waals surface area contributed by atoms with Crippen LogP contribution < -0.4 is 15.4 Å². The molecule has 46 heavy (non-hydrogen) atoms. The highest BCUT2D eigenvalue weighted by atomic mass is 35.5. The van der Waals surface area contributed by atoms with Gasteiger partial charge in [-0.25, -0.2) is 4.98 Å². The van der Waals surface area contributed by atoms with Crippen LogP contribution in [0.15, 0.2) is 48.7 Å². The maximum atomic E-state index is 11.5. The van der Waals surface area contributed by atoms with Crippen LogP contribution in [-0.2, 0) is 17.9 Å². The highest BCUT2D eigenvalue weighted by Crippen LogP contribution is 2.43. The number of amides is 1. The second-order valence-corrected chi connectivity index (χ2v) is 13.0. The molecule has 0 bridgehead atoms. The molecule has 0 radical (unpaired) electrons. The summed E-state index contributed by atoms with van der Waals surface area (Å²) in [6.07, 6.45) is 5.75. The van der Waals surface area contributed by atoms with Crippen LogP contribution in [0.4, 0.5) is 0 Å². The van der Waals surface area contributed by atoms with Crippen LogP contribution in [0, 0.1) is 0 Å². The summed E-state index contributed by atoms with van der Waals surface area (Å²) in [4.78, 5) is 23.3. The van der Waals surface area contributed by atoms with Gasteiger partial charge in [0.25, 0.3) is 0 Å². The van der Waals surface area contributed by atoms with Gasteiger partial charge in [0, 0.05) is 67.4 Å². The Labute approximate surface area is 278 Å². The lowest BCUT2D eigenvalue weighted by atomic mass is 9.98. The molecule has 3 atom stereocenters. The van der Waals surface area contributed by atoms with Crippen molar-refractivity contribution >= 4 is 29.1 Å². The number of aryl methyl sites for hydroxylation is 1. The third kappa shape index (κ3) is 6.12. The number of fused-ring (bicyclic) bond motifs is 1. The van der Waals surface area contributed by atoms with E-state index in [4.69, 9.17) is 38.0 Å². The molecule has 12 heteroatoms. The Hall–Kier alpha value is -3.54. The molecule has 1 amide bonds. The standard InChI is InChI=1S/C34H37Cl2N7O3/c1-46-34-28(17-37-16-20-10-11-31(45)39-20)38-18-27(40-34)25-8-3-6-23(33(25)36)22-5-2-7-24(32(22)35)26-15-30-29(9-4-13-43(30)41-26)42-14-12-21(44)19-42/h2-3,5-8,15,18,20-21,29,37,44H,4,9-14,16-17,19H2,1H3,(H,39,45)/t20-,21+,29?/m0/s1. The lowest BCUT2D eigenvalue weighted by molar-refractivity contribution is -0.119. The number of hydrogen-bond acceptors (Lipinski definition) is 8. The van der Waals surface area contributed by atoms with Crippen LogP contribution in [-0.4, -0.2) is 74.6 Å². The number of aliphatic hydroxyl groups is 1. The molecule has 0 spiro atoms. The lowest BCUT2D eigenvalue weighted by Gasteiger charge is -2.31. The van der Waals surface area contributed by atoms with E-state index in [1.54, 1.807) is 13.3 Å². The summed E-state index contributed by atoms with van der Waals surface area (Å²) >= 11 is 14.2. The maximum Gasteiger partial charge on any atom is 0.237 e. The van der Waals surface area contributed by atoms with Gasteiger partial charge in [-0.3, -0.25) is 19.4 Å². The molecule has 2 fully saturated rings. The quantitative estimate of drug-likeness (QED) is 0.222. The molecule has 2 aromatic carbocycles. The molecule has 3 aliphatic heterocycles. The van der Waals surface area contributed by atoms with E-state index in [9.17, 15) is 9.90 Å². The van der Waals surface area contributed by atoms with Crippen LogP contribution in [0.1, 0.15) is 49.5 Å². The molecule has 4 aromatic rings. The van der Waals surface area contributed by atoms with Gasteiger partial charge < -0.3 is 20.5 Å². The third-order valence-electron chi connectivity index (χ3n) is 9.25. The van der Waals surface area contributed by atoms with Gasteiger partial charge in [0.05, 0.1) is 52.6 Å². The van der Waals surface area contributed by atoms with Gasteiger partial charge in [-0.1, -0.05) is 59.6 Å². The second kappa shape index (κ2) is 13.3. The Kier molecular flexibility index (Phi) is 8.98. The maximum absolute atomic E-state index is 11.5. The fourth-order valence-electron chi connectivity index (χ4n) is 6.90. The number of hydrogen-bond donors (Lipinski definition) is 3. The fourth-order valence-corrected chi connectivity index (χ4v) is 7.54. The first-order chi connectivity index (χ1) is 22.4. The number of β-amino-alcohol motifs (C(OH)–C–C–N with tert-alkyl or cyclic N) is 1. The molecular formula is C34H37Cl2N7O3. The summed E-state index contributed by atoms with van der Waals surface area (Å²) in [5.41, 5.74) is 6.40. The van der Waals surface area contributed by atoms with E-state index in [2.05, 4.69) is 31.3 Å². The van der Waals surface area contributed by atoms with Crippen molar-refractivity contribution in [2.45, 2.75) is 63.4 Å². The zero-order valence-corrected chi connectivity index (χ0v) is 27.2. The van der Waals surface area contributed by atoms with Crippen molar-refractivity contribution in [3.8, 4) is 39.5 Å². The number of halogens is 2. The molecule has 5 heterocycles. The Morgan fingerprint density at radius 1 is 1.02 bits per heavy atom. The Bertz CT molecular complexity index is 1760. The molecule has 2 aromatic heterocycles. The highest BCUT2D eigenvalue weighted by Gasteiger charge is 2.33. The number of aliphatic hydroxyl groups excluding tert-OH is 1. The van der Waals surface area contributed by atoms with E-state index in [0.29, 0.717) is 58.9 Å². The normalized spacial score (nSPS) is 21.4. The first-order valence-corrected chi connectivity index (χ1v) is 16.6. The molecular weight excluding hydrogens is 625 g/mol. The molecule has 3 aliphatic rings. The molecule has 0 saturated carbocycles. The Balaban J connectivity index is 1.15. The van der Waals surface area contributed by atoms with Crippen LogP contribution in [0.5, 0.6) is 5.88 Å². The van der Waals surface area contributed by atoms with E-state index in [0.717, 1.165) is 61.2 Å². The van der Waals surface area contributed by atoms with E-state index in [-0.39, 0.29) is 24.1 Å². The summed E-state index contributed by atoms with van der Waals surface area (Å²) < 4.78 is 7.69. The topological polar surface area (TPSA) is 117 Å². The predicted molar refractivity (Wildman–Crippen MR) is 178 cm³/mol. The van der Waals surface area contributed by atoms with Gasteiger partial charge in [0.1, 0.15) is 5.69 Å².